The highest BCUT2D eigenvalue weighted by Gasteiger charge is 2.11. The molecule has 0 heterocycles. The first-order valence-electron chi connectivity index (χ1n) is 6.45. The number of fused-ring (bicyclic) bond motifs is 1. The van der Waals surface area contributed by atoms with Crippen LogP contribution in [0.2, 0.25) is 0 Å². The fourth-order valence-corrected chi connectivity index (χ4v) is 2.57. The molecule has 0 saturated heterocycles. The van der Waals surface area contributed by atoms with Gasteiger partial charge in [-0.3, -0.25) is 0 Å². The van der Waals surface area contributed by atoms with E-state index >= 15 is 0 Å². The summed E-state index contributed by atoms with van der Waals surface area (Å²) in [5.74, 6) is 0. The van der Waals surface area contributed by atoms with Gasteiger partial charge in [-0.2, -0.15) is 5.26 Å². The molecule has 2 aromatic carbocycles. The van der Waals surface area contributed by atoms with Crippen LogP contribution in [-0.2, 0) is 12.8 Å². The minimum atomic E-state index is 0.570. The van der Waals surface area contributed by atoms with Crippen LogP contribution >= 0.6 is 0 Å². The zero-order valence-corrected chi connectivity index (χ0v) is 10.6. The highest BCUT2D eigenvalue weighted by molar-refractivity contribution is 5.70. The Balaban J connectivity index is 1.92. The average Bonchev–Trinajstić information content (AvgIpc) is 2.88. The summed E-state index contributed by atoms with van der Waals surface area (Å²) in [6.07, 6.45) is 3.57. The van der Waals surface area contributed by atoms with Gasteiger partial charge in [0.15, 0.2) is 0 Å². The molecular formula is C16H15N3. The lowest BCUT2D eigenvalue weighted by Gasteiger charge is -2.10. The minimum absolute atomic E-state index is 0.570. The second-order valence-corrected chi connectivity index (χ2v) is 4.88. The minimum Gasteiger partial charge on any atom is -0.399 e. The van der Waals surface area contributed by atoms with Crippen molar-refractivity contribution in [3.8, 4) is 6.07 Å². The Morgan fingerprint density at radius 2 is 1.89 bits per heavy atom. The number of anilines is 3. The number of benzene rings is 2. The summed E-state index contributed by atoms with van der Waals surface area (Å²) in [5, 5.41) is 12.4. The fourth-order valence-electron chi connectivity index (χ4n) is 2.57. The van der Waals surface area contributed by atoms with Crippen molar-refractivity contribution in [1.29, 1.82) is 5.26 Å². The molecule has 0 radical (unpaired) electrons. The molecule has 0 amide bonds. The third-order valence-corrected chi connectivity index (χ3v) is 3.54. The summed E-state index contributed by atoms with van der Waals surface area (Å²) < 4.78 is 0. The van der Waals surface area contributed by atoms with E-state index in [2.05, 4.69) is 29.6 Å². The molecule has 0 spiro atoms. The highest BCUT2D eigenvalue weighted by Crippen LogP contribution is 2.28. The zero-order valence-electron chi connectivity index (χ0n) is 10.6. The van der Waals surface area contributed by atoms with E-state index in [1.165, 1.54) is 24.0 Å². The molecule has 3 nitrogen and oxygen atoms in total. The molecule has 0 unspecified atom stereocenters. The molecule has 1 aliphatic rings. The van der Waals surface area contributed by atoms with Crippen molar-refractivity contribution < 1.29 is 0 Å². The van der Waals surface area contributed by atoms with E-state index in [4.69, 9.17) is 11.0 Å². The second-order valence-electron chi connectivity index (χ2n) is 4.88. The molecule has 0 aromatic heterocycles. The Kier molecular flexibility index (Phi) is 2.85. The standard InChI is InChI=1S/C16H15N3/c17-10-13-8-14(18)5-7-16(13)19-15-6-4-11-2-1-3-12(11)9-15/h4-9,19H,1-3,18H2. The maximum absolute atomic E-state index is 9.13. The molecule has 3 N–H and O–H groups in total. The summed E-state index contributed by atoms with van der Waals surface area (Å²) in [7, 11) is 0. The molecule has 3 rings (SSSR count). The molecule has 0 aliphatic heterocycles. The molecule has 0 saturated carbocycles. The number of hydrogen-bond donors (Lipinski definition) is 2. The zero-order chi connectivity index (χ0) is 13.2. The SMILES string of the molecule is N#Cc1cc(N)ccc1Nc1ccc2c(c1)CCC2. The molecule has 3 heteroatoms. The van der Waals surface area contributed by atoms with E-state index in [1.54, 1.807) is 12.1 Å². The van der Waals surface area contributed by atoms with Gasteiger partial charge in [0.25, 0.3) is 0 Å². The van der Waals surface area contributed by atoms with Crippen molar-refractivity contribution in [1.82, 2.24) is 0 Å². The Bertz CT molecular complexity index is 668. The third-order valence-electron chi connectivity index (χ3n) is 3.54. The highest BCUT2D eigenvalue weighted by atomic mass is 14.9. The first kappa shape index (κ1) is 11.6. The summed E-state index contributed by atoms with van der Waals surface area (Å²) in [4.78, 5) is 0. The number of nitrogens with two attached hydrogens (primary N) is 1. The van der Waals surface area contributed by atoms with Gasteiger partial charge in [-0.25, -0.2) is 0 Å². The van der Waals surface area contributed by atoms with Crippen molar-refractivity contribution in [2.24, 2.45) is 0 Å². The lowest BCUT2D eigenvalue weighted by Crippen LogP contribution is -1.96. The first-order chi connectivity index (χ1) is 9.26. The molecule has 94 valence electrons. The average molecular weight is 249 g/mol. The van der Waals surface area contributed by atoms with Gasteiger partial charge in [0.05, 0.1) is 11.3 Å². The molecular weight excluding hydrogens is 234 g/mol. The quantitative estimate of drug-likeness (QED) is 0.802. The number of nitrogens with zero attached hydrogens (tertiary/aromatic N) is 1. The topological polar surface area (TPSA) is 61.8 Å². The van der Waals surface area contributed by atoms with E-state index in [9.17, 15) is 0 Å². The predicted octanol–water partition coefficient (Wildman–Crippen LogP) is 3.37. The Morgan fingerprint density at radius 1 is 1.05 bits per heavy atom. The summed E-state index contributed by atoms with van der Waals surface area (Å²) in [6.45, 7) is 0. The molecule has 0 fully saturated rings. The lowest BCUT2D eigenvalue weighted by molar-refractivity contribution is 0.912. The molecule has 0 atom stereocenters. The predicted molar refractivity (Wildman–Crippen MR) is 77.3 cm³/mol. The normalized spacial score (nSPS) is 12.8. The van der Waals surface area contributed by atoms with Gasteiger partial charge in [-0.1, -0.05) is 6.07 Å². The van der Waals surface area contributed by atoms with Crippen LogP contribution in [0.25, 0.3) is 0 Å². The van der Waals surface area contributed by atoms with Crippen molar-refractivity contribution >= 4 is 17.1 Å². The van der Waals surface area contributed by atoms with Gasteiger partial charge < -0.3 is 11.1 Å². The smallest absolute Gasteiger partial charge is 0.101 e. The lowest BCUT2D eigenvalue weighted by atomic mass is 10.1. The second kappa shape index (κ2) is 4.66. The van der Waals surface area contributed by atoms with Gasteiger partial charge in [0.1, 0.15) is 6.07 Å². The molecule has 0 bridgehead atoms. The van der Waals surface area contributed by atoms with Crippen molar-refractivity contribution in [3.63, 3.8) is 0 Å². The number of nitriles is 1. The van der Waals surface area contributed by atoms with Gasteiger partial charge >= 0.3 is 0 Å². The maximum Gasteiger partial charge on any atom is 0.101 e. The van der Waals surface area contributed by atoms with E-state index in [0.29, 0.717) is 11.3 Å². The van der Waals surface area contributed by atoms with E-state index in [0.717, 1.165) is 17.8 Å². The Morgan fingerprint density at radius 3 is 2.74 bits per heavy atom. The monoisotopic (exact) mass is 249 g/mol. The van der Waals surface area contributed by atoms with E-state index in [-0.39, 0.29) is 0 Å². The Labute approximate surface area is 112 Å². The van der Waals surface area contributed by atoms with Crippen molar-refractivity contribution in [2.75, 3.05) is 11.1 Å². The van der Waals surface area contributed by atoms with Gasteiger partial charge in [-0.15, -0.1) is 0 Å². The number of nitrogen functional groups attached to an aromatic ring is 1. The van der Waals surface area contributed by atoms with Crippen molar-refractivity contribution in [2.45, 2.75) is 19.3 Å². The van der Waals surface area contributed by atoms with Crippen LogP contribution in [-0.4, -0.2) is 0 Å². The van der Waals surface area contributed by atoms with Crippen LogP contribution < -0.4 is 11.1 Å². The molecule has 19 heavy (non-hydrogen) atoms. The van der Waals surface area contributed by atoms with Gasteiger partial charge in [-0.05, 0) is 60.7 Å². The van der Waals surface area contributed by atoms with Crippen LogP contribution in [0.4, 0.5) is 17.1 Å². The number of rotatable bonds is 2. The van der Waals surface area contributed by atoms with Crippen molar-refractivity contribution in [3.05, 3.63) is 53.1 Å². The third kappa shape index (κ3) is 2.25. The van der Waals surface area contributed by atoms with Crippen LogP contribution in [0.3, 0.4) is 0 Å². The summed E-state index contributed by atoms with van der Waals surface area (Å²) in [5.41, 5.74) is 11.6. The number of aryl methyl sites for hydroxylation is 2. The number of hydrogen-bond acceptors (Lipinski definition) is 3. The van der Waals surface area contributed by atoms with Crippen LogP contribution in [0, 0.1) is 11.3 Å². The fraction of sp³-hybridized carbons (Fsp3) is 0.188. The van der Waals surface area contributed by atoms with Crippen LogP contribution in [0.1, 0.15) is 23.1 Å². The number of nitrogens with one attached hydrogen (secondary N) is 1. The van der Waals surface area contributed by atoms with Crippen LogP contribution in [0.5, 0.6) is 0 Å². The first-order valence-corrected chi connectivity index (χ1v) is 6.45. The largest absolute Gasteiger partial charge is 0.399 e. The van der Waals surface area contributed by atoms with E-state index in [1.807, 2.05) is 6.07 Å². The molecule has 1 aliphatic carbocycles. The molecule has 2 aromatic rings. The summed E-state index contributed by atoms with van der Waals surface area (Å²) in [6, 6.07) is 13.9. The van der Waals surface area contributed by atoms with Gasteiger partial charge in [0.2, 0.25) is 0 Å². The summed E-state index contributed by atoms with van der Waals surface area (Å²) >= 11 is 0. The van der Waals surface area contributed by atoms with Gasteiger partial charge in [0, 0.05) is 11.4 Å². The maximum atomic E-state index is 9.13. The van der Waals surface area contributed by atoms with E-state index < -0.39 is 0 Å². The van der Waals surface area contributed by atoms with Crippen LogP contribution in [0.15, 0.2) is 36.4 Å². The Hall–Kier alpha value is -2.47.